The summed E-state index contributed by atoms with van der Waals surface area (Å²) in [6.07, 6.45) is 3.57. The number of hydrogen-bond donors (Lipinski definition) is 1. The van der Waals surface area contributed by atoms with Gasteiger partial charge in [-0.05, 0) is 60.4 Å². The predicted octanol–water partition coefficient (Wildman–Crippen LogP) is 3.91. The average Bonchev–Trinajstić information content (AvgIpc) is 2.89. The van der Waals surface area contributed by atoms with Crippen LogP contribution in [-0.4, -0.2) is 11.2 Å². The summed E-state index contributed by atoms with van der Waals surface area (Å²) in [6.45, 7) is 0. The van der Waals surface area contributed by atoms with Crippen LogP contribution in [0.4, 0.5) is 4.39 Å². The monoisotopic (exact) mass is 276 g/mol. The van der Waals surface area contributed by atoms with Crippen molar-refractivity contribution in [3.8, 4) is 0 Å². The third kappa shape index (κ3) is 2.72. The van der Waals surface area contributed by atoms with Crippen LogP contribution in [0.1, 0.15) is 34.8 Å². The Morgan fingerprint density at radius 3 is 2.84 bits per heavy atom. The molecule has 19 heavy (non-hydrogen) atoms. The third-order valence-electron chi connectivity index (χ3n) is 3.92. The SMILES string of the molecule is OC(Cc1ccc(F)cc1)C1CCCc2sccc21. The maximum Gasteiger partial charge on any atom is 0.123 e. The Labute approximate surface area is 116 Å². The summed E-state index contributed by atoms with van der Waals surface area (Å²) in [5.74, 6) is 0.0103. The molecule has 0 aliphatic heterocycles. The molecule has 1 aromatic carbocycles. The van der Waals surface area contributed by atoms with Gasteiger partial charge in [-0.1, -0.05) is 12.1 Å². The average molecular weight is 276 g/mol. The molecular formula is C16H17FOS. The largest absolute Gasteiger partial charge is 0.392 e. The van der Waals surface area contributed by atoms with Crippen molar-refractivity contribution in [2.75, 3.05) is 0 Å². The zero-order chi connectivity index (χ0) is 13.2. The lowest BCUT2D eigenvalue weighted by atomic mass is 9.82. The van der Waals surface area contributed by atoms with E-state index in [4.69, 9.17) is 0 Å². The van der Waals surface area contributed by atoms with Gasteiger partial charge in [-0.3, -0.25) is 0 Å². The van der Waals surface area contributed by atoms with E-state index in [1.165, 1.54) is 22.6 Å². The minimum Gasteiger partial charge on any atom is -0.392 e. The second-order valence-corrected chi connectivity index (χ2v) is 6.20. The number of hydrogen-bond acceptors (Lipinski definition) is 2. The highest BCUT2D eigenvalue weighted by molar-refractivity contribution is 7.10. The van der Waals surface area contributed by atoms with Gasteiger partial charge in [0.05, 0.1) is 6.10 Å². The van der Waals surface area contributed by atoms with E-state index in [1.54, 1.807) is 23.5 Å². The Morgan fingerprint density at radius 2 is 2.05 bits per heavy atom. The standard InChI is InChI=1S/C16H17FOS/c17-12-6-4-11(5-7-12)10-15(18)13-2-1-3-16-14(13)8-9-19-16/h4-9,13,15,18H,1-3,10H2. The van der Waals surface area contributed by atoms with Gasteiger partial charge < -0.3 is 5.11 Å². The van der Waals surface area contributed by atoms with E-state index in [2.05, 4.69) is 11.4 Å². The van der Waals surface area contributed by atoms with E-state index >= 15 is 0 Å². The lowest BCUT2D eigenvalue weighted by molar-refractivity contribution is 0.135. The van der Waals surface area contributed by atoms with Crippen molar-refractivity contribution in [2.24, 2.45) is 0 Å². The predicted molar refractivity (Wildman–Crippen MR) is 76.1 cm³/mol. The van der Waals surface area contributed by atoms with Crippen molar-refractivity contribution in [2.45, 2.75) is 37.7 Å². The van der Waals surface area contributed by atoms with Crippen molar-refractivity contribution < 1.29 is 9.50 Å². The van der Waals surface area contributed by atoms with Gasteiger partial charge in [0.1, 0.15) is 5.82 Å². The van der Waals surface area contributed by atoms with Gasteiger partial charge in [0.25, 0.3) is 0 Å². The summed E-state index contributed by atoms with van der Waals surface area (Å²) < 4.78 is 12.9. The summed E-state index contributed by atoms with van der Waals surface area (Å²) in [4.78, 5) is 1.43. The molecule has 2 aromatic rings. The number of thiophene rings is 1. The summed E-state index contributed by atoms with van der Waals surface area (Å²) in [5.41, 5.74) is 2.32. The number of benzene rings is 1. The number of rotatable bonds is 3. The van der Waals surface area contributed by atoms with Crippen molar-refractivity contribution in [1.29, 1.82) is 0 Å². The summed E-state index contributed by atoms with van der Waals surface area (Å²) in [7, 11) is 0. The van der Waals surface area contributed by atoms with Crippen LogP contribution in [0.5, 0.6) is 0 Å². The number of aliphatic hydroxyl groups is 1. The van der Waals surface area contributed by atoms with Crippen LogP contribution in [0.15, 0.2) is 35.7 Å². The van der Waals surface area contributed by atoms with Gasteiger partial charge in [0.15, 0.2) is 0 Å². The fourth-order valence-corrected chi connectivity index (χ4v) is 3.92. The molecule has 0 saturated carbocycles. The van der Waals surface area contributed by atoms with E-state index in [0.29, 0.717) is 6.42 Å². The molecule has 1 nitrogen and oxygen atoms in total. The van der Waals surface area contributed by atoms with Crippen LogP contribution in [0.2, 0.25) is 0 Å². The highest BCUT2D eigenvalue weighted by Gasteiger charge is 2.27. The van der Waals surface area contributed by atoms with E-state index in [0.717, 1.165) is 24.8 Å². The fraction of sp³-hybridized carbons (Fsp3) is 0.375. The molecule has 3 heteroatoms. The molecule has 2 atom stereocenters. The first-order valence-corrected chi connectivity index (χ1v) is 7.61. The zero-order valence-electron chi connectivity index (χ0n) is 10.7. The maximum atomic E-state index is 12.9. The molecule has 1 aromatic heterocycles. The lowest BCUT2D eigenvalue weighted by Gasteiger charge is -2.27. The second-order valence-electron chi connectivity index (χ2n) is 5.20. The molecule has 0 saturated heterocycles. The van der Waals surface area contributed by atoms with Crippen LogP contribution in [-0.2, 0) is 12.8 Å². The molecule has 1 heterocycles. The van der Waals surface area contributed by atoms with Gasteiger partial charge >= 0.3 is 0 Å². The molecule has 1 aliphatic carbocycles. The molecule has 0 fully saturated rings. The minimum atomic E-state index is -0.376. The molecule has 3 rings (SSSR count). The molecule has 2 unspecified atom stereocenters. The molecule has 0 bridgehead atoms. The first-order valence-electron chi connectivity index (χ1n) is 6.73. The quantitative estimate of drug-likeness (QED) is 0.901. The topological polar surface area (TPSA) is 20.2 Å². The van der Waals surface area contributed by atoms with Crippen LogP contribution in [0.25, 0.3) is 0 Å². The zero-order valence-corrected chi connectivity index (χ0v) is 11.5. The Morgan fingerprint density at radius 1 is 1.26 bits per heavy atom. The molecule has 1 N–H and O–H groups in total. The lowest BCUT2D eigenvalue weighted by Crippen LogP contribution is -2.24. The van der Waals surface area contributed by atoms with E-state index in [9.17, 15) is 9.50 Å². The third-order valence-corrected chi connectivity index (χ3v) is 4.92. The van der Waals surface area contributed by atoms with Crippen molar-refractivity contribution in [1.82, 2.24) is 0 Å². The van der Waals surface area contributed by atoms with Crippen molar-refractivity contribution in [3.05, 3.63) is 57.5 Å². The van der Waals surface area contributed by atoms with Gasteiger partial charge in [-0.25, -0.2) is 4.39 Å². The smallest absolute Gasteiger partial charge is 0.123 e. The fourth-order valence-electron chi connectivity index (χ4n) is 2.93. The van der Waals surface area contributed by atoms with E-state index in [-0.39, 0.29) is 17.8 Å². The van der Waals surface area contributed by atoms with Crippen LogP contribution < -0.4 is 0 Å². The van der Waals surface area contributed by atoms with Crippen LogP contribution in [0, 0.1) is 5.82 Å². The van der Waals surface area contributed by atoms with Gasteiger partial charge in [-0.2, -0.15) is 0 Å². The van der Waals surface area contributed by atoms with Crippen molar-refractivity contribution in [3.63, 3.8) is 0 Å². The Balaban J connectivity index is 1.75. The summed E-state index contributed by atoms with van der Waals surface area (Å²) in [5, 5.41) is 12.6. The Bertz CT molecular complexity index is 546. The second kappa shape index (κ2) is 5.43. The Kier molecular flexibility index (Phi) is 3.67. The molecule has 100 valence electrons. The van der Waals surface area contributed by atoms with E-state index < -0.39 is 0 Å². The first kappa shape index (κ1) is 12.8. The number of aliphatic hydroxyl groups excluding tert-OH is 1. The molecule has 0 amide bonds. The maximum absolute atomic E-state index is 12.9. The van der Waals surface area contributed by atoms with Gasteiger partial charge in [0.2, 0.25) is 0 Å². The van der Waals surface area contributed by atoms with Gasteiger partial charge in [-0.15, -0.1) is 11.3 Å². The molecular weight excluding hydrogens is 259 g/mol. The highest BCUT2D eigenvalue weighted by atomic mass is 32.1. The Hall–Kier alpha value is -1.19. The molecule has 0 spiro atoms. The normalized spacial score (nSPS) is 20.0. The first-order chi connectivity index (χ1) is 9.24. The molecule has 0 radical (unpaired) electrons. The number of halogens is 1. The molecule has 1 aliphatic rings. The summed E-state index contributed by atoms with van der Waals surface area (Å²) in [6, 6.07) is 8.58. The van der Waals surface area contributed by atoms with Crippen molar-refractivity contribution >= 4 is 11.3 Å². The van der Waals surface area contributed by atoms with Crippen LogP contribution >= 0.6 is 11.3 Å². The minimum absolute atomic E-state index is 0.226. The van der Waals surface area contributed by atoms with Gasteiger partial charge in [0, 0.05) is 10.8 Å². The van der Waals surface area contributed by atoms with Crippen LogP contribution in [0.3, 0.4) is 0 Å². The highest BCUT2D eigenvalue weighted by Crippen LogP contribution is 2.37. The summed E-state index contributed by atoms with van der Waals surface area (Å²) >= 11 is 1.79. The van der Waals surface area contributed by atoms with E-state index in [1.807, 2.05) is 0 Å². The number of fused-ring (bicyclic) bond motifs is 1. The number of aryl methyl sites for hydroxylation is 1.